The minimum absolute atomic E-state index is 0.151. The van der Waals surface area contributed by atoms with Crippen LogP contribution in [0.5, 0.6) is 0 Å². The molecule has 0 saturated carbocycles. The molecule has 0 spiro atoms. The highest BCUT2D eigenvalue weighted by Crippen LogP contribution is 2.30. The van der Waals surface area contributed by atoms with Crippen LogP contribution in [0.25, 0.3) is 0 Å². The molecule has 3 amide bonds. The predicted molar refractivity (Wildman–Crippen MR) is 109 cm³/mol. The summed E-state index contributed by atoms with van der Waals surface area (Å²) in [7, 11) is 0. The zero-order valence-electron chi connectivity index (χ0n) is 16.4. The smallest absolute Gasteiger partial charge is 0.350 e. The lowest BCUT2D eigenvalue weighted by molar-refractivity contribution is -0.137. The van der Waals surface area contributed by atoms with Crippen LogP contribution in [0.1, 0.15) is 23.6 Å². The van der Waals surface area contributed by atoms with E-state index in [1.165, 1.54) is 0 Å². The molecule has 3 N–H and O–H groups in total. The lowest BCUT2D eigenvalue weighted by atomic mass is 9.98. The second kappa shape index (κ2) is 10.4. The van der Waals surface area contributed by atoms with Crippen molar-refractivity contribution in [3.05, 3.63) is 71.5 Å². The lowest BCUT2D eigenvalue weighted by Crippen LogP contribution is -2.46. The molecule has 1 unspecified atom stereocenters. The van der Waals surface area contributed by atoms with Crippen LogP contribution in [0.3, 0.4) is 0 Å². The van der Waals surface area contributed by atoms with Gasteiger partial charge in [0, 0.05) is 0 Å². The maximum Gasteiger partial charge on any atom is 0.416 e. The highest BCUT2D eigenvalue weighted by Gasteiger charge is 2.31. The number of benzene rings is 1. The summed E-state index contributed by atoms with van der Waals surface area (Å²) in [4.78, 5) is 39.2. The zero-order chi connectivity index (χ0) is 23.0. The number of rotatable bonds is 9. The quantitative estimate of drug-likeness (QED) is 0.410. The fourth-order valence-electron chi connectivity index (χ4n) is 2.93. The van der Waals surface area contributed by atoms with Gasteiger partial charge in [-0.05, 0) is 36.4 Å². The average Bonchev–Trinajstić information content (AvgIpc) is 2.75. The largest absolute Gasteiger partial charge is 0.416 e. The van der Waals surface area contributed by atoms with Gasteiger partial charge in [0.1, 0.15) is 6.04 Å². The third-order valence-electron chi connectivity index (χ3n) is 4.44. The topological polar surface area (TPSA) is 99.7 Å². The number of alkyl halides is 3. The van der Waals surface area contributed by atoms with E-state index in [1.54, 1.807) is 18.2 Å². The monoisotopic (exact) mass is 434 g/mol. The Labute approximate surface area is 176 Å². The summed E-state index contributed by atoms with van der Waals surface area (Å²) in [6, 6.07) is 2.16. The van der Waals surface area contributed by atoms with Crippen molar-refractivity contribution in [1.82, 2.24) is 16.0 Å². The molecule has 2 atom stereocenters. The highest BCUT2D eigenvalue weighted by atomic mass is 19.4. The first-order valence-electron chi connectivity index (χ1n) is 9.15. The van der Waals surface area contributed by atoms with Crippen LogP contribution < -0.4 is 16.0 Å². The number of halogens is 3. The SMILES string of the molecule is C=CC1=CC(NC(=O)[C@@H](NC(=O)CNC=O)c2ccc(C(F)(F)F)cc2)CC=C1N=C. The lowest BCUT2D eigenvalue weighted by Gasteiger charge is -2.24. The molecule has 0 heterocycles. The molecule has 0 bridgehead atoms. The number of hydrogen-bond donors (Lipinski definition) is 3. The number of hydrogen-bond acceptors (Lipinski definition) is 4. The van der Waals surface area contributed by atoms with Crippen molar-refractivity contribution in [2.45, 2.75) is 24.7 Å². The first kappa shape index (κ1) is 23.6. The van der Waals surface area contributed by atoms with E-state index in [-0.39, 0.29) is 5.56 Å². The molecule has 2 rings (SSSR count). The van der Waals surface area contributed by atoms with Crippen LogP contribution in [0.2, 0.25) is 0 Å². The second-order valence-corrected chi connectivity index (χ2v) is 6.54. The first-order valence-corrected chi connectivity index (χ1v) is 9.15. The van der Waals surface area contributed by atoms with Gasteiger partial charge in [0.05, 0.1) is 23.8 Å². The number of nitrogens with one attached hydrogen (secondary N) is 3. The Morgan fingerprint density at radius 3 is 2.48 bits per heavy atom. The van der Waals surface area contributed by atoms with Gasteiger partial charge in [-0.15, -0.1) is 0 Å². The molecular formula is C21H21F3N4O3. The summed E-state index contributed by atoms with van der Waals surface area (Å²) in [6.07, 6.45) is 1.21. The summed E-state index contributed by atoms with van der Waals surface area (Å²) in [5, 5.41) is 7.32. The molecule has 1 aromatic carbocycles. The Hall–Kier alpha value is -3.69. The maximum atomic E-state index is 12.9. The van der Waals surface area contributed by atoms with Crippen molar-refractivity contribution in [2.24, 2.45) is 4.99 Å². The second-order valence-electron chi connectivity index (χ2n) is 6.54. The van der Waals surface area contributed by atoms with E-state index in [9.17, 15) is 27.6 Å². The van der Waals surface area contributed by atoms with Crippen LogP contribution >= 0.6 is 0 Å². The van der Waals surface area contributed by atoms with Crippen LogP contribution in [0.4, 0.5) is 13.2 Å². The van der Waals surface area contributed by atoms with Crippen LogP contribution in [0, 0.1) is 0 Å². The Kier molecular flexibility index (Phi) is 7.89. The van der Waals surface area contributed by atoms with Gasteiger partial charge >= 0.3 is 6.18 Å². The van der Waals surface area contributed by atoms with E-state index in [0.717, 1.165) is 24.3 Å². The summed E-state index contributed by atoms with van der Waals surface area (Å²) in [6.45, 7) is 6.75. The van der Waals surface area contributed by atoms with Gasteiger partial charge in [-0.1, -0.05) is 36.9 Å². The van der Waals surface area contributed by atoms with Gasteiger partial charge in [0.25, 0.3) is 0 Å². The van der Waals surface area contributed by atoms with Crippen molar-refractivity contribution in [3.63, 3.8) is 0 Å². The van der Waals surface area contributed by atoms with Gasteiger partial charge in [-0.2, -0.15) is 13.2 Å². The Morgan fingerprint density at radius 2 is 1.94 bits per heavy atom. The molecule has 1 aromatic rings. The summed E-state index contributed by atoms with van der Waals surface area (Å²) < 4.78 is 38.5. The minimum atomic E-state index is -4.54. The molecule has 164 valence electrons. The van der Waals surface area contributed by atoms with Crippen LogP contribution in [-0.4, -0.2) is 37.5 Å². The summed E-state index contributed by atoms with van der Waals surface area (Å²) in [5.74, 6) is -1.32. The molecule has 0 radical (unpaired) electrons. The van der Waals surface area contributed by atoms with E-state index >= 15 is 0 Å². The van der Waals surface area contributed by atoms with Gasteiger partial charge in [0.2, 0.25) is 18.2 Å². The van der Waals surface area contributed by atoms with Gasteiger partial charge in [0.15, 0.2) is 0 Å². The third-order valence-corrected chi connectivity index (χ3v) is 4.44. The van der Waals surface area contributed by atoms with Crippen molar-refractivity contribution in [2.75, 3.05) is 6.54 Å². The molecule has 0 aromatic heterocycles. The third kappa shape index (κ3) is 6.39. The van der Waals surface area contributed by atoms with Crippen molar-refractivity contribution >= 4 is 24.9 Å². The molecule has 0 fully saturated rings. The fourth-order valence-corrected chi connectivity index (χ4v) is 2.93. The minimum Gasteiger partial charge on any atom is -0.350 e. The van der Waals surface area contributed by atoms with E-state index in [1.807, 2.05) is 0 Å². The predicted octanol–water partition coefficient (Wildman–Crippen LogP) is 2.19. The molecule has 0 aliphatic heterocycles. The Balaban J connectivity index is 2.24. The molecule has 7 nitrogen and oxygen atoms in total. The molecule has 10 heteroatoms. The van der Waals surface area contributed by atoms with Crippen LogP contribution in [0.15, 0.2) is 65.3 Å². The van der Waals surface area contributed by atoms with Crippen molar-refractivity contribution < 1.29 is 27.6 Å². The van der Waals surface area contributed by atoms with E-state index < -0.39 is 42.2 Å². The number of amides is 3. The number of allylic oxidation sites excluding steroid dienone is 1. The van der Waals surface area contributed by atoms with Crippen molar-refractivity contribution in [3.8, 4) is 0 Å². The van der Waals surface area contributed by atoms with Gasteiger partial charge < -0.3 is 16.0 Å². The number of carbonyl (C=O) groups is 3. The van der Waals surface area contributed by atoms with Crippen molar-refractivity contribution in [1.29, 1.82) is 0 Å². The van der Waals surface area contributed by atoms with E-state index in [2.05, 4.69) is 34.2 Å². The maximum absolute atomic E-state index is 12.9. The molecule has 31 heavy (non-hydrogen) atoms. The fraction of sp³-hybridized carbons (Fsp3) is 0.238. The normalized spacial score (nSPS) is 16.8. The summed E-state index contributed by atoms with van der Waals surface area (Å²) in [5.41, 5.74) is 0.548. The van der Waals surface area contributed by atoms with Gasteiger partial charge in [-0.25, -0.2) is 0 Å². The standard InChI is InChI=1S/C21H21F3N4O3/c1-3-13-10-16(8-9-17(13)25-2)27-20(31)19(28-18(30)11-26-12-29)14-4-6-15(7-5-14)21(22,23)24/h3-7,9-10,12,16,19H,1-2,8,11H2,(H,26,29)(H,27,31)(H,28,30)/t16?,19-/m0/s1. The van der Waals surface area contributed by atoms with Gasteiger partial charge in [-0.3, -0.25) is 19.4 Å². The number of carbonyl (C=O) groups excluding carboxylic acids is 3. The average molecular weight is 434 g/mol. The zero-order valence-corrected chi connectivity index (χ0v) is 16.4. The van der Waals surface area contributed by atoms with Crippen LogP contribution in [-0.2, 0) is 20.6 Å². The Morgan fingerprint density at radius 1 is 1.26 bits per heavy atom. The number of aliphatic imine (C=N–C) groups is 1. The molecule has 1 aliphatic rings. The Bertz CT molecular complexity index is 921. The highest BCUT2D eigenvalue weighted by molar-refractivity contribution is 5.90. The number of nitrogens with zero attached hydrogens (tertiary/aromatic N) is 1. The molecule has 0 saturated heterocycles. The summed E-state index contributed by atoms with van der Waals surface area (Å²) >= 11 is 0. The molecule has 1 aliphatic carbocycles. The molecular weight excluding hydrogens is 413 g/mol. The first-order chi connectivity index (χ1) is 14.7. The van der Waals surface area contributed by atoms with E-state index in [0.29, 0.717) is 24.1 Å². The van der Waals surface area contributed by atoms with E-state index in [4.69, 9.17) is 0 Å².